The first kappa shape index (κ1) is 11.5. The molecule has 0 amide bonds. The van der Waals surface area contributed by atoms with Gasteiger partial charge in [0.1, 0.15) is 5.69 Å². The van der Waals surface area contributed by atoms with Gasteiger partial charge < -0.3 is 0 Å². The van der Waals surface area contributed by atoms with Gasteiger partial charge in [-0.2, -0.15) is 5.10 Å². The number of fused-ring (bicyclic) bond motifs is 1. The molecule has 0 N–H and O–H groups in total. The Labute approximate surface area is 100 Å². The van der Waals surface area contributed by atoms with Gasteiger partial charge in [0, 0.05) is 16.2 Å². The van der Waals surface area contributed by atoms with Gasteiger partial charge >= 0.3 is 0 Å². The second-order valence-electron chi connectivity index (χ2n) is 3.93. The van der Waals surface area contributed by atoms with Crippen molar-refractivity contribution in [1.29, 1.82) is 0 Å². The van der Waals surface area contributed by atoms with Crippen molar-refractivity contribution in [2.45, 2.75) is 26.2 Å². The highest BCUT2D eigenvalue weighted by Crippen LogP contribution is 2.31. The average Bonchev–Trinajstić information content (AvgIpc) is 2.55. The molecule has 2 nitrogen and oxygen atoms in total. The van der Waals surface area contributed by atoms with Crippen LogP contribution in [0.5, 0.6) is 0 Å². The van der Waals surface area contributed by atoms with E-state index in [2.05, 4.69) is 21.0 Å². The van der Waals surface area contributed by atoms with E-state index in [-0.39, 0.29) is 11.6 Å². The summed E-state index contributed by atoms with van der Waals surface area (Å²) in [4.78, 5) is 0. The van der Waals surface area contributed by atoms with Gasteiger partial charge in [-0.05, 0) is 34.0 Å². The molecule has 0 saturated heterocycles. The van der Waals surface area contributed by atoms with Gasteiger partial charge in [-0.3, -0.25) is 0 Å². The highest BCUT2D eigenvalue weighted by molar-refractivity contribution is 9.10. The molecular formula is C11H11BrF2N2. The van der Waals surface area contributed by atoms with Gasteiger partial charge in [-0.1, -0.05) is 13.8 Å². The van der Waals surface area contributed by atoms with E-state index in [0.29, 0.717) is 5.56 Å². The van der Waals surface area contributed by atoms with E-state index >= 15 is 0 Å². The molecule has 0 aliphatic carbocycles. The fraction of sp³-hybridized carbons (Fsp3) is 0.364. The van der Waals surface area contributed by atoms with Crippen LogP contribution in [0.15, 0.2) is 22.8 Å². The first-order chi connectivity index (χ1) is 7.50. The molecular weight excluding hydrogens is 278 g/mol. The maximum absolute atomic E-state index is 12.8. The first-order valence-corrected chi connectivity index (χ1v) is 5.76. The number of hydrogen-bond donors (Lipinski definition) is 0. The molecule has 0 aromatic carbocycles. The van der Waals surface area contributed by atoms with Gasteiger partial charge in [0.15, 0.2) is 0 Å². The number of aromatic nitrogens is 2. The van der Waals surface area contributed by atoms with Crippen LogP contribution >= 0.6 is 15.9 Å². The number of pyridine rings is 1. The molecule has 0 atom stereocenters. The Morgan fingerprint density at radius 1 is 1.31 bits per heavy atom. The van der Waals surface area contributed by atoms with E-state index in [0.717, 1.165) is 9.99 Å². The Kier molecular flexibility index (Phi) is 2.97. The quantitative estimate of drug-likeness (QED) is 0.811. The maximum Gasteiger partial charge on any atom is 0.282 e. The third-order valence-corrected chi connectivity index (χ3v) is 2.91. The molecule has 2 aromatic rings. The molecule has 0 aliphatic heterocycles. The molecule has 16 heavy (non-hydrogen) atoms. The molecule has 0 saturated carbocycles. The van der Waals surface area contributed by atoms with Crippen LogP contribution in [0, 0.1) is 0 Å². The van der Waals surface area contributed by atoms with Gasteiger partial charge in [0.25, 0.3) is 6.43 Å². The summed E-state index contributed by atoms with van der Waals surface area (Å²) in [6.07, 6.45) is -0.844. The number of rotatable bonds is 2. The van der Waals surface area contributed by atoms with E-state index in [1.165, 1.54) is 4.52 Å². The third-order valence-electron chi connectivity index (χ3n) is 2.44. The predicted octanol–water partition coefficient (Wildman–Crippen LogP) is 4.16. The van der Waals surface area contributed by atoms with Gasteiger partial charge in [-0.15, -0.1) is 0 Å². The summed E-state index contributed by atoms with van der Waals surface area (Å²) >= 11 is 3.29. The van der Waals surface area contributed by atoms with Crippen molar-refractivity contribution in [3.05, 3.63) is 34.1 Å². The van der Waals surface area contributed by atoms with Crippen molar-refractivity contribution in [2.24, 2.45) is 0 Å². The van der Waals surface area contributed by atoms with Crippen molar-refractivity contribution >= 4 is 21.4 Å². The molecule has 0 unspecified atom stereocenters. The zero-order valence-electron chi connectivity index (χ0n) is 8.92. The number of hydrogen-bond acceptors (Lipinski definition) is 1. The fourth-order valence-electron chi connectivity index (χ4n) is 1.81. The zero-order chi connectivity index (χ0) is 11.9. The molecule has 5 heteroatoms. The predicted molar refractivity (Wildman–Crippen MR) is 61.9 cm³/mol. The summed E-state index contributed by atoms with van der Waals surface area (Å²) in [5.41, 5.74) is 1.25. The van der Waals surface area contributed by atoms with Crippen molar-refractivity contribution in [2.75, 3.05) is 0 Å². The van der Waals surface area contributed by atoms with E-state index < -0.39 is 6.43 Å². The molecule has 0 bridgehead atoms. The molecule has 2 rings (SSSR count). The molecule has 0 radical (unpaired) electrons. The number of nitrogens with zero attached hydrogens (tertiary/aromatic N) is 2. The van der Waals surface area contributed by atoms with Crippen LogP contribution < -0.4 is 0 Å². The van der Waals surface area contributed by atoms with Gasteiger partial charge in [0.05, 0.1) is 5.52 Å². The minimum Gasteiger partial charge on any atom is -0.239 e. The van der Waals surface area contributed by atoms with Crippen LogP contribution in [0.2, 0.25) is 0 Å². The van der Waals surface area contributed by atoms with E-state index in [4.69, 9.17) is 0 Å². The summed E-state index contributed by atoms with van der Waals surface area (Å²) in [5, 5.41) is 3.93. The van der Waals surface area contributed by atoms with E-state index in [9.17, 15) is 8.78 Å². The SMILES string of the molecule is CC(C)c1c(C(F)F)nn2cc(Br)ccc12. The normalized spacial score (nSPS) is 11.9. The van der Waals surface area contributed by atoms with Gasteiger partial charge in [0.2, 0.25) is 0 Å². The van der Waals surface area contributed by atoms with Crippen LogP contribution in [0.4, 0.5) is 8.78 Å². The van der Waals surface area contributed by atoms with Crippen LogP contribution in [0.1, 0.15) is 37.4 Å². The standard InChI is InChI=1S/C11H11BrF2N2/c1-6(2)9-8-4-3-7(12)5-16(8)15-10(9)11(13)14/h3-6,11H,1-2H3. The van der Waals surface area contributed by atoms with E-state index in [1.54, 1.807) is 12.3 Å². The average molecular weight is 289 g/mol. The summed E-state index contributed by atoms with van der Waals surface area (Å²) in [5.74, 6) is 0.0303. The van der Waals surface area contributed by atoms with Crippen molar-refractivity contribution in [3.8, 4) is 0 Å². The lowest BCUT2D eigenvalue weighted by Crippen LogP contribution is -1.94. The lowest BCUT2D eigenvalue weighted by molar-refractivity contribution is 0.144. The Bertz CT molecular complexity index is 520. The smallest absolute Gasteiger partial charge is 0.239 e. The monoisotopic (exact) mass is 288 g/mol. The summed E-state index contributed by atoms with van der Waals surface area (Å²) in [6.45, 7) is 3.79. The van der Waals surface area contributed by atoms with Crippen molar-refractivity contribution < 1.29 is 8.78 Å². The van der Waals surface area contributed by atoms with Crippen LogP contribution in [-0.4, -0.2) is 9.61 Å². The molecule has 0 aliphatic rings. The fourth-order valence-corrected chi connectivity index (χ4v) is 2.14. The zero-order valence-corrected chi connectivity index (χ0v) is 10.5. The van der Waals surface area contributed by atoms with Crippen LogP contribution in [0.25, 0.3) is 5.52 Å². The second kappa shape index (κ2) is 4.13. The van der Waals surface area contributed by atoms with Crippen LogP contribution in [0.3, 0.4) is 0 Å². The molecule has 2 heterocycles. The Morgan fingerprint density at radius 3 is 2.56 bits per heavy atom. The maximum atomic E-state index is 12.8. The van der Waals surface area contributed by atoms with E-state index in [1.807, 2.05) is 19.9 Å². The lowest BCUT2D eigenvalue weighted by atomic mass is 10.0. The topological polar surface area (TPSA) is 17.3 Å². The highest BCUT2D eigenvalue weighted by atomic mass is 79.9. The largest absolute Gasteiger partial charge is 0.282 e. The molecule has 0 spiro atoms. The van der Waals surface area contributed by atoms with Crippen molar-refractivity contribution in [1.82, 2.24) is 9.61 Å². The second-order valence-corrected chi connectivity index (χ2v) is 4.85. The van der Waals surface area contributed by atoms with Crippen molar-refractivity contribution in [3.63, 3.8) is 0 Å². The van der Waals surface area contributed by atoms with Gasteiger partial charge in [-0.25, -0.2) is 13.3 Å². The lowest BCUT2D eigenvalue weighted by Gasteiger charge is -2.05. The summed E-state index contributed by atoms with van der Waals surface area (Å²) in [7, 11) is 0. The Hall–Kier alpha value is -0.970. The van der Waals surface area contributed by atoms with Crippen LogP contribution in [-0.2, 0) is 0 Å². The number of halogens is 3. The minimum absolute atomic E-state index is 0.0303. The molecule has 86 valence electrons. The Morgan fingerprint density at radius 2 is 2.00 bits per heavy atom. The third kappa shape index (κ3) is 1.84. The molecule has 0 fully saturated rings. The molecule has 2 aromatic heterocycles. The highest BCUT2D eigenvalue weighted by Gasteiger charge is 2.22. The summed E-state index contributed by atoms with van der Waals surface area (Å²) < 4.78 is 28.0. The Balaban J connectivity index is 2.75. The number of alkyl halides is 2. The minimum atomic E-state index is -2.53. The first-order valence-electron chi connectivity index (χ1n) is 4.96. The summed E-state index contributed by atoms with van der Waals surface area (Å²) in [6, 6.07) is 3.64.